The second-order valence-electron chi connectivity index (χ2n) is 1.57. The van der Waals surface area contributed by atoms with Crippen LogP contribution in [0.25, 0.3) is 0 Å². The molecule has 1 N–H and O–H groups in total. The Labute approximate surface area is 71.7 Å². The van der Waals surface area contributed by atoms with Gasteiger partial charge < -0.3 is 14.7 Å². The molecule has 0 spiro atoms. The van der Waals surface area contributed by atoms with Crippen LogP contribution in [-0.2, 0) is 9.59 Å². The van der Waals surface area contributed by atoms with E-state index in [0.717, 1.165) is 6.29 Å². The maximum absolute atomic E-state index is 8.81. The lowest BCUT2D eigenvalue weighted by Gasteiger charge is -1.82. The van der Waals surface area contributed by atoms with E-state index in [0.29, 0.717) is 5.75 Å². The average Bonchev–Trinajstić information content (AvgIpc) is 2.11. The molecule has 0 aliphatic carbocycles. The minimum absolute atomic E-state index is 0.322. The molecule has 0 unspecified atom stereocenters. The van der Waals surface area contributed by atoms with E-state index in [1.165, 1.54) is 6.92 Å². The molecule has 1 aromatic rings. The molecule has 12 heavy (non-hydrogen) atoms. The van der Waals surface area contributed by atoms with E-state index in [2.05, 4.69) is 0 Å². The van der Waals surface area contributed by atoms with Gasteiger partial charge in [-0.2, -0.15) is 0 Å². The molecule has 0 heterocycles. The van der Waals surface area contributed by atoms with Crippen molar-refractivity contribution in [3.8, 4) is 5.75 Å². The van der Waals surface area contributed by atoms with Crippen LogP contribution in [0.2, 0.25) is 0 Å². The van der Waals surface area contributed by atoms with E-state index in [9.17, 15) is 0 Å². The number of aldehydes is 1. The summed E-state index contributed by atoms with van der Waals surface area (Å²) >= 11 is 0. The Balaban J connectivity index is 0. The molecule has 3 heteroatoms. The molecular formula is C9H12O3. The zero-order chi connectivity index (χ0) is 9.82. The van der Waals surface area contributed by atoms with Crippen molar-refractivity contribution in [1.29, 1.82) is 0 Å². The molecule has 1 aromatic carbocycles. The number of hydrogen-bond donors (Lipinski definition) is 1. The molecule has 0 bridgehead atoms. The van der Waals surface area contributed by atoms with Gasteiger partial charge in [-0.3, -0.25) is 0 Å². The van der Waals surface area contributed by atoms with Crippen molar-refractivity contribution in [2.45, 2.75) is 6.92 Å². The molecule has 0 fully saturated rings. The molecule has 0 aliphatic heterocycles. The number of benzene rings is 1. The Hall–Kier alpha value is -1.64. The summed E-state index contributed by atoms with van der Waals surface area (Å²) in [5.74, 6) is 0.322. The van der Waals surface area contributed by atoms with Crippen LogP contribution in [0.5, 0.6) is 5.75 Å². The van der Waals surface area contributed by atoms with Gasteiger partial charge in [0.15, 0.2) is 0 Å². The molecule has 0 radical (unpaired) electrons. The Morgan fingerprint density at radius 1 is 1.25 bits per heavy atom. The molecule has 0 saturated heterocycles. The third kappa shape index (κ3) is 11.2. The van der Waals surface area contributed by atoms with Crippen LogP contribution < -0.4 is 0 Å². The Kier molecular flexibility index (Phi) is 13.1. The van der Waals surface area contributed by atoms with Gasteiger partial charge in [-0.15, -0.1) is 0 Å². The minimum Gasteiger partial charge on any atom is -0.508 e. The van der Waals surface area contributed by atoms with E-state index in [4.69, 9.17) is 14.7 Å². The predicted molar refractivity (Wildman–Crippen MR) is 47.0 cm³/mol. The number of hydrogen-bond acceptors (Lipinski definition) is 3. The summed E-state index contributed by atoms with van der Waals surface area (Å²) in [6.45, 7) is 3.44. The lowest BCUT2D eigenvalue weighted by atomic mass is 10.3. The summed E-state index contributed by atoms with van der Waals surface area (Å²) in [7, 11) is 0. The van der Waals surface area contributed by atoms with Crippen LogP contribution in [0.3, 0.4) is 0 Å². The smallest absolute Gasteiger partial charge is 0.116 e. The maximum atomic E-state index is 8.81. The normalized spacial score (nSPS) is 6.42. The molecule has 0 saturated carbocycles. The van der Waals surface area contributed by atoms with Crippen LogP contribution in [0.1, 0.15) is 6.92 Å². The third-order valence-corrected chi connectivity index (χ3v) is 0.756. The Morgan fingerprint density at radius 3 is 1.75 bits per heavy atom. The van der Waals surface area contributed by atoms with Gasteiger partial charge in [-0.1, -0.05) is 18.2 Å². The Morgan fingerprint density at radius 2 is 1.58 bits per heavy atom. The first-order chi connectivity index (χ1) is 5.81. The number of phenolic OH excluding ortho intramolecular Hbond substituents is 1. The highest BCUT2D eigenvalue weighted by molar-refractivity contribution is 5.44. The quantitative estimate of drug-likeness (QED) is 0.596. The minimum atomic E-state index is 0.322. The van der Waals surface area contributed by atoms with Gasteiger partial charge in [0.25, 0.3) is 0 Å². The number of rotatable bonds is 0. The van der Waals surface area contributed by atoms with E-state index < -0.39 is 0 Å². The molecule has 1 rings (SSSR count). The first-order valence-corrected chi connectivity index (χ1v) is 3.24. The van der Waals surface area contributed by atoms with Crippen molar-refractivity contribution in [1.82, 2.24) is 0 Å². The first kappa shape index (κ1) is 13.0. The fourth-order valence-corrected chi connectivity index (χ4v) is 0.428. The van der Waals surface area contributed by atoms with E-state index in [1.54, 1.807) is 24.3 Å². The highest BCUT2D eigenvalue weighted by Gasteiger charge is 1.74. The number of aromatic hydroxyl groups is 1. The molecule has 3 nitrogen and oxygen atoms in total. The van der Waals surface area contributed by atoms with Gasteiger partial charge in [0.2, 0.25) is 0 Å². The number of para-hydroxylation sites is 1. The summed E-state index contributed by atoms with van der Waals surface area (Å²) in [5.41, 5.74) is 0. The van der Waals surface area contributed by atoms with Crippen LogP contribution >= 0.6 is 0 Å². The monoisotopic (exact) mass is 168 g/mol. The zero-order valence-corrected chi connectivity index (χ0v) is 6.93. The molecule has 0 aromatic heterocycles. The van der Waals surface area contributed by atoms with Crippen molar-refractivity contribution in [3.05, 3.63) is 30.3 Å². The maximum Gasteiger partial charge on any atom is 0.116 e. The molecule has 0 atom stereocenters. The summed E-state index contributed by atoms with van der Waals surface area (Å²) in [6.07, 6.45) is 0.750. The van der Waals surface area contributed by atoms with E-state index in [1.807, 2.05) is 12.9 Å². The summed E-state index contributed by atoms with van der Waals surface area (Å²) in [4.78, 5) is 16.8. The largest absolute Gasteiger partial charge is 0.508 e. The molecular weight excluding hydrogens is 156 g/mol. The number of carbonyl (C=O) groups excluding carboxylic acids is 2. The summed E-state index contributed by atoms with van der Waals surface area (Å²) < 4.78 is 0. The van der Waals surface area contributed by atoms with Gasteiger partial charge in [0.1, 0.15) is 18.8 Å². The van der Waals surface area contributed by atoms with Crippen molar-refractivity contribution in [2.75, 3.05) is 0 Å². The van der Waals surface area contributed by atoms with E-state index >= 15 is 0 Å². The van der Waals surface area contributed by atoms with Crippen molar-refractivity contribution >= 4 is 13.1 Å². The third-order valence-electron chi connectivity index (χ3n) is 0.756. The van der Waals surface area contributed by atoms with Gasteiger partial charge in [0, 0.05) is 0 Å². The van der Waals surface area contributed by atoms with E-state index in [-0.39, 0.29) is 0 Å². The second kappa shape index (κ2) is 12.1. The SMILES string of the molecule is C=O.CC=O.Oc1ccccc1. The number of phenols is 1. The molecule has 0 aliphatic rings. The van der Waals surface area contributed by atoms with Crippen molar-refractivity contribution in [3.63, 3.8) is 0 Å². The molecule has 66 valence electrons. The van der Waals surface area contributed by atoms with Crippen LogP contribution in [0, 0.1) is 0 Å². The van der Waals surface area contributed by atoms with Crippen molar-refractivity contribution < 1.29 is 14.7 Å². The van der Waals surface area contributed by atoms with Crippen LogP contribution in [0.4, 0.5) is 0 Å². The first-order valence-electron chi connectivity index (χ1n) is 3.24. The fourth-order valence-electron chi connectivity index (χ4n) is 0.428. The van der Waals surface area contributed by atoms with Crippen molar-refractivity contribution in [2.24, 2.45) is 0 Å². The van der Waals surface area contributed by atoms with Gasteiger partial charge in [-0.25, -0.2) is 0 Å². The summed E-state index contributed by atoms with van der Waals surface area (Å²) in [6, 6.07) is 8.71. The van der Waals surface area contributed by atoms with Crippen LogP contribution in [0.15, 0.2) is 30.3 Å². The lowest BCUT2D eigenvalue weighted by Crippen LogP contribution is -1.56. The predicted octanol–water partition coefficient (Wildman–Crippen LogP) is 1.41. The topological polar surface area (TPSA) is 54.4 Å². The number of carbonyl (C=O) groups is 2. The Bertz CT molecular complexity index is 184. The van der Waals surface area contributed by atoms with Gasteiger partial charge >= 0.3 is 0 Å². The second-order valence-corrected chi connectivity index (χ2v) is 1.57. The average molecular weight is 168 g/mol. The standard InChI is InChI=1S/C6H6O.C2H4O.CH2O/c7-6-4-2-1-3-5-6;1-2-3;1-2/h1-5,7H;2H,1H3;1H2. The fraction of sp³-hybridized carbons (Fsp3) is 0.111. The molecule has 0 amide bonds. The van der Waals surface area contributed by atoms with Crippen LogP contribution in [-0.4, -0.2) is 18.2 Å². The highest BCUT2D eigenvalue weighted by Crippen LogP contribution is 2.02. The highest BCUT2D eigenvalue weighted by atomic mass is 16.3. The summed E-state index contributed by atoms with van der Waals surface area (Å²) in [5, 5.41) is 8.63. The van der Waals surface area contributed by atoms with Gasteiger partial charge in [-0.05, 0) is 19.1 Å². The van der Waals surface area contributed by atoms with Gasteiger partial charge in [0.05, 0.1) is 0 Å². The lowest BCUT2D eigenvalue weighted by molar-refractivity contribution is -0.106. The zero-order valence-electron chi connectivity index (χ0n) is 6.93.